The molecule has 4 rings (SSSR count). The van der Waals surface area contributed by atoms with Gasteiger partial charge in [-0.25, -0.2) is 14.9 Å². The maximum Gasteiger partial charge on any atom is 0.241 e. The van der Waals surface area contributed by atoms with Gasteiger partial charge in [-0.2, -0.15) is 0 Å². The van der Waals surface area contributed by atoms with Crippen LogP contribution in [0, 0.1) is 0 Å². The van der Waals surface area contributed by atoms with Crippen molar-refractivity contribution in [3.05, 3.63) is 56.2 Å². The van der Waals surface area contributed by atoms with Gasteiger partial charge in [0.2, 0.25) is 11.7 Å². The Bertz CT molecular complexity index is 855. The molecule has 1 atom stereocenters. The van der Waals surface area contributed by atoms with E-state index in [0.717, 1.165) is 34.3 Å². The Morgan fingerprint density at radius 2 is 2.00 bits per heavy atom. The maximum absolute atomic E-state index is 6.41. The number of aliphatic imine (C=N–C) groups is 1. The fraction of sp³-hybridized carbons (Fsp3) is 0.421. The Morgan fingerprint density at radius 1 is 1.24 bits per heavy atom. The molecule has 0 fully saturated rings. The molecule has 2 aliphatic rings. The summed E-state index contributed by atoms with van der Waals surface area (Å²) in [7, 11) is 1.90. The monoisotopic (exact) mass is 375 g/mol. The highest BCUT2D eigenvalue weighted by molar-refractivity contribution is 7.16. The van der Waals surface area contributed by atoms with Gasteiger partial charge < -0.3 is 5.32 Å². The molecule has 1 aliphatic carbocycles. The van der Waals surface area contributed by atoms with Crippen molar-refractivity contribution in [1.29, 1.82) is 0 Å². The summed E-state index contributed by atoms with van der Waals surface area (Å²) in [5.41, 5.74) is 2.46. The van der Waals surface area contributed by atoms with Gasteiger partial charge in [0, 0.05) is 28.6 Å². The van der Waals surface area contributed by atoms with Gasteiger partial charge in [-0.1, -0.05) is 35.9 Å². The van der Waals surface area contributed by atoms with Crippen molar-refractivity contribution in [2.45, 2.75) is 44.9 Å². The Morgan fingerprint density at radius 3 is 2.76 bits per heavy atom. The number of hydroxylamine groups is 2. The van der Waals surface area contributed by atoms with E-state index in [1.54, 1.807) is 16.4 Å². The molecule has 1 N–H and O–H groups in total. The second kappa shape index (κ2) is 5.73. The summed E-state index contributed by atoms with van der Waals surface area (Å²) in [6.07, 6.45) is 1.92. The summed E-state index contributed by atoms with van der Waals surface area (Å²) in [4.78, 5) is 12.7. The molecule has 6 heteroatoms. The molecule has 1 unspecified atom stereocenters. The first-order valence-corrected chi connectivity index (χ1v) is 9.66. The predicted octanol–water partition coefficient (Wildman–Crippen LogP) is 4.32. The molecule has 0 radical (unpaired) electrons. The molecule has 132 valence electrons. The number of nitrogens with one attached hydrogen (secondary N) is 1. The highest BCUT2D eigenvalue weighted by Crippen LogP contribution is 2.48. The van der Waals surface area contributed by atoms with Crippen molar-refractivity contribution in [2.24, 2.45) is 4.99 Å². The number of fused-ring (bicyclic) bond motifs is 4. The van der Waals surface area contributed by atoms with Gasteiger partial charge in [0.15, 0.2) is 0 Å². The molecule has 0 bridgehead atoms. The fourth-order valence-electron chi connectivity index (χ4n) is 3.47. The van der Waals surface area contributed by atoms with Gasteiger partial charge in [0.25, 0.3) is 0 Å². The zero-order valence-corrected chi connectivity index (χ0v) is 16.5. The summed E-state index contributed by atoms with van der Waals surface area (Å²) >= 11 is 7.99. The number of halogens is 1. The summed E-state index contributed by atoms with van der Waals surface area (Å²) in [6.45, 7) is 6.34. The summed E-state index contributed by atoms with van der Waals surface area (Å²) in [5.74, 6) is 0.734. The standard InChI is InChI=1S/C19H22ClN3OS/c1-18(2,3)21-17-22-19(24-23(17)4)13-8-6-5-7-12(13)9-10-15-14(19)11-16(20)25-15/h5-8,11H,9-10H2,1-4H3,(H,21,22). The number of hydrogen-bond acceptors (Lipinski definition) is 5. The van der Waals surface area contributed by atoms with Crippen molar-refractivity contribution in [3.63, 3.8) is 0 Å². The van der Waals surface area contributed by atoms with Crippen molar-refractivity contribution in [1.82, 2.24) is 10.4 Å². The number of guanidine groups is 1. The third-order valence-electron chi connectivity index (χ3n) is 4.47. The lowest BCUT2D eigenvalue weighted by molar-refractivity contribution is -0.153. The number of thiophene rings is 1. The molecule has 1 aromatic heterocycles. The van der Waals surface area contributed by atoms with E-state index in [9.17, 15) is 0 Å². The maximum atomic E-state index is 6.41. The minimum absolute atomic E-state index is 0.110. The molecule has 1 spiro atoms. The molecule has 0 saturated carbocycles. The molecule has 1 aromatic carbocycles. The summed E-state index contributed by atoms with van der Waals surface area (Å²) in [5, 5.41) is 5.19. The van der Waals surface area contributed by atoms with Crippen LogP contribution in [0.1, 0.15) is 42.3 Å². The van der Waals surface area contributed by atoms with Crippen LogP contribution in [0.5, 0.6) is 0 Å². The lowest BCUT2D eigenvalue weighted by atomic mass is 9.93. The van der Waals surface area contributed by atoms with E-state index < -0.39 is 5.72 Å². The number of hydrogen-bond donors (Lipinski definition) is 1. The van der Waals surface area contributed by atoms with E-state index >= 15 is 0 Å². The van der Waals surface area contributed by atoms with Gasteiger partial charge in [-0.15, -0.1) is 11.3 Å². The Kier molecular flexibility index (Phi) is 3.87. The van der Waals surface area contributed by atoms with Crippen LogP contribution in [-0.4, -0.2) is 23.6 Å². The predicted molar refractivity (Wildman–Crippen MR) is 103 cm³/mol. The number of aryl methyl sites for hydroxylation is 2. The van der Waals surface area contributed by atoms with E-state index in [-0.39, 0.29) is 5.54 Å². The zero-order valence-electron chi connectivity index (χ0n) is 14.9. The van der Waals surface area contributed by atoms with E-state index in [1.165, 1.54) is 10.4 Å². The second-order valence-corrected chi connectivity index (χ2v) is 9.36. The Hall–Kier alpha value is -1.56. The molecule has 4 nitrogen and oxygen atoms in total. The van der Waals surface area contributed by atoms with Gasteiger partial charge in [0.05, 0.1) is 4.34 Å². The molecule has 1 aliphatic heterocycles. The largest absolute Gasteiger partial charge is 0.350 e. The van der Waals surface area contributed by atoms with Crippen molar-refractivity contribution in [3.8, 4) is 0 Å². The first-order chi connectivity index (χ1) is 11.8. The zero-order chi connectivity index (χ0) is 17.8. The van der Waals surface area contributed by atoms with Crippen LogP contribution in [0.2, 0.25) is 4.34 Å². The molecule has 0 amide bonds. The quantitative estimate of drug-likeness (QED) is 0.744. The van der Waals surface area contributed by atoms with E-state index in [1.807, 2.05) is 19.2 Å². The minimum atomic E-state index is -0.867. The fourth-order valence-corrected chi connectivity index (χ4v) is 4.79. The highest BCUT2D eigenvalue weighted by atomic mass is 35.5. The second-order valence-electron chi connectivity index (χ2n) is 7.59. The molecular weight excluding hydrogens is 354 g/mol. The van der Waals surface area contributed by atoms with Crippen LogP contribution in [-0.2, 0) is 23.4 Å². The van der Waals surface area contributed by atoms with Crippen LogP contribution < -0.4 is 5.32 Å². The van der Waals surface area contributed by atoms with Crippen LogP contribution in [0.15, 0.2) is 35.3 Å². The Balaban J connectivity index is 1.94. The van der Waals surface area contributed by atoms with Gasteiger partial charge in [-0.05, 0) is 45.2 Å². The first-order valence-electron chi connectivity index (χ1n) is 8.46. The third kappa shape index (κ3) is 2.84. The van der Waals surface area contributed by atoms with Crippen LogP contribution in [0.25, 0.3) is 0 Å². The highest BCUT2D eigenvalue weighted by Gasteiger charge is 2.48. The van der Waals surface area contributed by atoms with Crippen LogP contribution in [0.3, 0.4) is 0 Å². The summed E-state index contributed by atoms with van der Waals surface area (Å²) < 4.78 is 0.780. The summed E-state index contributed by atoms with van der Waals surface area (Å²) in [6, 6.07) is 10.4. The van der Waals surface area contributed by atoms with Gasteiger partial charge in [-0.3, -0.25) is 0 Å². The number of nitrogens with zero attached hydrogens (tertiary/aromatic N) is 2. The third-order valence-corrected chi connectivity index (χ3v) is 5.79. The number of benzene rings is 1. The lowest BCUT2D eigenvalue weighted by Crippen LogP contribution is -2.46. The molecule has 2 aromatic rings. The van der Waals surface area contributed by atoms with Crippen molar-refractivity contribution < 1.29 is 4.84 Å². The van der Waals surface area contributed by atoms with Crippen molar-refractivity contribution in [2.75, 3.05) is 7.05 Å². The topological polar surface area (TPSA) is 36.9 Å². The van der Waals surface area contributed by atoms with Crippen LogP contribution in [0.4, 0.5) is 0 Å². The van der Waals surface area contributed by atoms with E-state index in [0.29, 0.717) is 0 Å². The van der Waals surface area contributed by atoms with Crippen LogP contribution >= 0.6 is 22.9 Å². The Labute approximate surface area is 157 Å². The molecule has 0 saturated heterocycles. The molecule has 2 heterocycles. The minimum Gasteiger partial charge on any atom is -0.350 e. The smallest absolute Gasteiger partial charge is 0.241 e. The normalized spacial score (nSPS) is 22.4. The molecule has 25 heavy (non-hydrogen) atoms. The average molecular weight is 376 g/mol. The average Bonchev–Trinajstić information content (AvgIpc) is 3.02. The first kappa shape index (κ1) is 16.9. The van der Waals surface area contributed by atoms with E-state index in [2.05, 4.69) is 44.3 Å². The molecular formula is C19H22ClN3OS. The van der Waals surface area contributed by atoms with E-state index in [4.69, 9.17) is 21.4 Å². The van der Waals surface area contributed by atoms with Crippen molar-refractivity contribution >= 4 is 28.9 Å². The van der Waals surface area contributed by atoms with Gasteiger partial charge >= 0.3 is 0 Å². The van der Waals surface area contributed by atoms with Gasteiger partial charge in [0.1, 0.15) is 0 Å². The number of rotatable bonds is 0. The lowest BCUT2D eigenvalue weighted by Gasteiger charge is -2.27. The SMILES string of the molecule is CN1OC2(N=C1NC(C)(C)C)c1ccccc1CCc1sc(Cl)cc12.